The number of aromatic nitrogens is 3. The number of amides is 1. The minimum absolute atomic E-state index is 0.138. The quantitative estimate of drug-likeness (QED) is 0.728. The van der Waals surface area contributed by atoms with Crippen molar-refractivity contribution in [3.63, 3.8) is 0 Å². The zero-order valence-electron chi connectivity index (χ0n) is 15.1. The van der Waals surface area contributed by atoms with Gasteiger partial charge in [-0.2, -0.15) is 5.10 Å². The third-order valence-corrected chi connectivity index (χ3v) is 5.12. The van der Waals surface area contributed by atoms with Gasteiger partial charge in [-0.25, -0.2) is 9.50 Å². The summed E-state index contributed by atoms with van der Waals surface area (Å²) >= 11 is 0. The summed E-state index contributed by atoms with van der Waals surface area (Å²) in [5.74, 6) is 1.24. The summed E-state index contributed by atoms with van der Waals surface area (Å²) in [6.45, 7) is 3.22. The maximum Gasteiger partial charge on any atom is 0.219 e. The summed E-state index contributed by atoms with van der Waals surface area (Å²) in [7, 11) is 1.66. The number of hydrogen-bond donors (Lipinski definition) is 0. The molecule has 0 aliphatic carbocycles. The molecule has 6 heteroatoms. The number of benzene rings is 1. The Labute approximate surface area is 152 Å². The Morgan fingerprint density at radius 2 is 2.04 bits per heavy atom. The second-order valence-corrected chi connectivity index (χ2v) is 6.70. The van der Waals surface area contributed by atoms with Gasteiger partial charge in [-0.05, 0) is 36.6 Å². The second kappa shape index (κ2) is 6.78. The summed E-state index contributed by atoms with van der Waals surface area (Å²) < 4.78 is 7.16. The highest BCUT2D eigenvalue weighted by Crippen LogP contribution is 2.30. The number of likely N-dealkylation sites (tertiary alicyclic amines) is 1. The fourth-order valence-corrected chi connectivity index (χ4v) is 3.70. The molecular formula is C20H22N4O2. The molecule has 3 heterocycles. The highest BCUT2D eigenvalue weighted by Gasteiger charge is 2.25. The molecule has 6 nitrogen and oxygen atoms in total. The van der Waals surface area contributed by atoms with Crippen LogP contribution in [0.5, 0.6) is 5.75 Å². The maximum atomic E-state index is 11.8. The molecule has 1 aromatic carbocycles. The Hall–Kier alpha value is -2.89. The molecule has 26 heavy (non-hydrogen) atoms. The van der Waals surface area contributed by atoms with E-state index in [1.165, 1.54) is 0 Å². The zero-order chi connectivity index (χ0) is 18.1. The van der Waals surface area contributed by atoms with Crippen LogP contribution in [0.1, 0.15) is 31.4 Å². The van der Waals surface area contributed by atoms with Crippen LogP contribution in [-0.2, 0) is 4.79 Å². The van der Waals surface area contributed by atoms with Crippen molar-refractivity contribution in [3.8, 4) is 16.9 Å². The van der Waals surface area contributed by atoms with Crippen molar-refractivity contribution in [1.29, 1.82) is 0 Å². The van der Waals surface area contributed by atoms with E-state index >= 15 is 0 Å². The van der Waals surface area contributed by atoms with Gasteiger partial charge in [0.25, 0.3) is 0 Å². The minimum atomic E-state index is 0.138. The van der Waals surface area contributed by atoms with E-state index in [9.17, 15) is 4.79 Å². The number of rotatable bonds is 3. The minimum Gasteiger partial charge on any atom is -0.497 e. The van der Waals surface area contributed by atoms with E-state index in [0.29, 0.717) is 0 Å². The Kier molecular flexibility index (Phi) is 4.32. The molecule has 0 N–H and O–H groups in total. The number of carbonyl (C=O) groups is 1. The molecule has 0 saturated carbocycles. The average Bonchev–Trinajstić information content (AvgIpc) is 3.12. The molecule has 3 aromatic rings. The lowest BCUT2D eigenvalue weighted by atomic mass is 9.94. The lowest BCUT2D eigenvalue weighted by molar-refractivity contribution is -0.130. The molecule has 4 rings (SSSR count). The topological polar surface area (TPSA) is 59.7 Å². The van der Waals surface area contributed by atoms with Gasteiger partial charge in [-0.3, -0.25) is 4.79 Å². The largest absolute Gasteiger partial charge is 0.497 e. The molecule has 0 radical (unpaired) electrons. The summed E-state index contributed by atoms with van der Waals surface area (Å²) in [5, 5.41) is 4.60. The van der Waals surface area contributed by atoms with Crippen LogP contribution in [0.2, 0.25) is 0 Å². The van der Waals surface area contributed by atoms with E-state index in [4.69, 9.17) is 4.74 Å². The van der Waals surface area contributed by atoms with Gasteiger partial charge in [-0.15, -0.1) is 0 Å². The van der Waals surface area contributed by atoms with Gasteiger partial charge in [0.1, 0.15) is 5.75 Å². The first-order chi connectivity index (χ1) is 12.7. The lowest BCUT2D eigenvalue weighted by Gasteiger charge is -2.32. The van der Waals surface area contributed by atoms with E-state index in [-0.39, 0.29) is 11.8 Å². The number of methoxy groups -OCH3 is 1. The van der Waals surface area contributed by atoms with Crippen molar-refractivity contribution in [2.75, 3.05) is 20.2 Å². The van der Waals surface area contributed by atoms with E-state index in [1.54, 1.807) is 14.0 Å². The van der Waals surface area contributed by atoms with E-state index in [0.717, 1.165) is 54.1 Å². The normalized spacial score (nSPS) is 17.5. The first kappa shape index (κ1) is 16.6. The molecule has 1 unspecified atom stereocenters. The highest BCUT2D eigenvalue weighted by molar-refractivity contribution is 5.77. The van der Waals surface area contributed by atoms with Crippen molar-refractivity contribution in [2.24, 2.45) is 0 Å². The summed E-state index contributed by atoms with van der Waals surface area (Å²) in [6.07, 6.45) is 5.77. The van der Waals surface area contributed by atoms with Crippen molar-refractivity contribution < 1.29 is 9.53 Å². The predicted octanol–water partition coefficient (Wildman–Crippen LogP) is 3.13. The molecule has 1 fully saturated rings. The van der Waals surface area contributed by atoms with Crippen LogP contribution in [0.4, 0.5) is 0 Å². The predicted molar refractivity (Wildman–Crippen MR) is 99.2 cm³/mol. The van der Waals surface area contributed by atoms with Crippen molar-refractivity contribution in [2.45, 2.75) is 25.7 Å². The molecule has 1 aliphatic rings. The number of ether oxygens (including phenoxy) is 1. The highest BCUT2D eigenvalue weighted by atomic mass is 16.5. The zero-order valence-corrected chi connectivity index (χ0v) is 15.1. The van der Waals surface area contributed by atoms with Gasteiger partial charge in [0, 0.05) is 37.7 Å². The molecule has 0 bridgehead atoms. The summed E-state index contributed by atoms with van der Waals surface area (Å²) in [6, 6.07) is 9.93. The van der Waals surface area contributed by atoms with Gasteiger partial charge < -0.3 is 9.64 Å². The number of nitrogens with zero attached hydrogens (tertiary/aromatic N) is 4. The smallest absolute Gasteiger partial charge is 0.219 e. The fourth-order valence-electron chi connectivity index (χ4n) is 3.70. The van der Waals surface area contributed by atoms with Gasteiger partial charge in [0.05, 0.1) is 19.0 Å². The van der Waals surface area contributed by atoms with E-state index in [2.05, 4.69) is 10.1 Å². The Balaban J connectivity index is 1.72. The van der Waals surface area contributed by atoms with Crippen molar-refractivity contribution >= 4 is 11.6 Å². The van der Waals surface area contributed by atoms with Crippen LogP contribution in [-0.4, -0.2) is 45.6 Å². The van der Waals surface area contributed by atoms with Crippen LogP contribution in [0.15, 0.2) is 42.7 Å². The molecule has 2 aromatic heterocycles. The first-order valence-corrected chi connectivity index (χ1v) is 8.90. The first-order valence-electron chi connectivity index (χ1n) is 8.90. The third-order valence-electron chi connectivity index (χ3n) is 5.12. The van der Waals surface area contributed by atoms with Crippen LogP contribution in [0, 0.1) is 0 Å². The molecular weight excluding hydrogens is 328 g/mol. The van der Waals surface area contributed by atoms with E-state index in [1.807, 2.05) is 52.1 Å². The van der Waals surface area contributed by atoms with Crippen LogP contribution < -0.4 is 4.74 Å². The standard InChI is InChI=1S/C20H22N4O2/c1-14(25)23-11-3-4-16(13-23)19-9-10-21-20-18(12-22-24(19)20)15-5-7-17(26-2)8-6-15/h5-10,12,16H,3-4,11,13H2,1-2H3. The van der Waals surface area contributed by atoms with Crippen molar-refractivity contribution in [1.82, 2.24) is 19.5 Å². The van der Waals surface area contributed by atoms with Gasteiger partial charge in [0.15, 0.2) is 5.65 Å². The van der Waals surface area contributed by atoms with Gasteiger partial charge in [-0.1, -0.05) is 12.1 Å². The lowest BCUT2D eigenvalue weighted by Crippen LogP contribution is -2.38. The molecule has 1 amide bonds. The monoisotopic (exact) mass is 350 g/mol. The number of fused-ring (bicyclic) bond motifs is 1. The second-order valence-electron chi connectivity index (χ2n) is 6.70. The molecule has 1 aliphatic heterocycles. The van der Waals surface area contributed by atoms with Crippen LogP contribution in [0.25, 0.3) is 16.8 Å². The Morgan fingerprint density at radius 3 is 2.77 bits per heavy atom. The number of hydrogen-bond acceptors (Lipinski definition) is 4. The third kappa shape index (κ3) is 2.92. The van der Waals surface area contributed by atoms with Crippen molar-refractivity contribution in [3.05, 3.63) is 48.4 Å². The van der Waals surface area contributed by atoms with Gasteiger partial charge in [0.2, 0.25) is 5.91 Å². The number of piperidine rings is 1. The van der Waals surface area contributed by atoms with Crippen LogP contribution >= 0.6 is 0 Å². The summed E-state index contributed by atoms with van der Waals surface area (Å²) in [4.78, 5) is 18.2. The molecule has 134 valence electrons. The average molecular weight is 350 g/mol. The molecule has 1 atom stereocenters. The molecule has 1 saturated heterocycles. The Morgan fingerprint density at radius 1 is 1.23 bits per heavy atom. The fraction of sp³-hybridized carbons (Fsp3) is 0.350. The Bertz CT molecular complexity index is 933. The SMILES string of the molecule is COc1ccc(-c2cnn3c(C4CCCN(C(C)=O)C4)ccnc23)cc1. The van der Waals surface area contributed by atoms with E-state index < -0.39 is 0 Å². The summed E-state index contributed by atoms with van der Waals surface area (Å²) in [5.41, 5.74) is 4.00. The van der Waals surface area contributed by atoms with Crippen LogP contribution in [0.3, 0.4) is 0 Å². The number of carbonyl (C=O) groups excluding carboxylic acids is 1. The van der Waals surface area contributed by atoms with Gasteiger partial charge >= 0.3 is 0 Å². The molecule has 0 spiro atoms. The maximum absolute atomic E-state index is 11.8.